The first-order valence-corrected chi connectivity index (χ1v) is 15.5. The molecule has 0 saturated heterocycles. The Labute approximate surface area is 188 Å². The van der Waals surface area contributed by atoms with Gasteiger partial charge in [0, 0.05) is 0 Å². The standard InChI is InChI=1S/C27H30BrOP/c28-30(25-14-4-1-5-15-25,26-16-6-2-7-17-26,27-18-8-3-9-19-27)21-20-23-12-10-11-13-24(29)22-23/h1-9,14-19,23H,10-13,20-22H2. The van der Waals surface area contributed by atoms with Gasteiger partial charge in [0.15, 0.2) is 0 Å². The van der Waals surface area contributed by atoms with Crippen molar-refractivity contribution in [2.75, 3.05) is 6.16 Å². The van der Waals surface area contributed by atoms with Gasteiger partial charge in [0.1, 0.15) is 0 Å². The van der Waals surface area contributed by atoms with Crippen LogP contribution in [0, 0.1) is 5.92 Å². The first-order valence-electron chi connectivity index (χ1n) is 11.0. The molecule has 1 saturated carbocycles. The summed E-state index contributed by atoms with van der Waals surface area (Å²) in [6, 6.07) is 32.9. The van der Waals surface area contributed by atoms with Crippen molar-refractivity contribution < 1.29 is 4.79 Å². The average Bonchev–Trinajstić information content (AvgIpc) is 3.03. The Morgan fingerprint density at radius 3 is 1.67 bits per heavy atom. The molecule has 156 valence electrons. The molecule has 0 aromatic heterocycles. The van der Waals surface area contributed by atoms with Crippen LogP contribution in [0.25, 0.3) is 0 Å². The van der Waals surface area contributed by atoms with E-state index in [-0.39, 0.29) is 0 Å². The zero-order valence-corrected chi connectivity index (χ0v) is 19.9. The zero-order valence-electron chi connectivity index (χ0n) is 17.4. The van der Waals surface area contributed by atoms with Crippen molar-refractivity contribution in [3.05, 3.63) is 91.0 Å². The molecule has 1 nitrogen and oxygen atoms in total. The van der Waals surface area contributed by atoms with E-state index in [4.69, 9.17) is 0 Å². The topological polar surface area (TPSA) is 17.1 Å². The summed E-state index contributed by atoms with van der Waals surface area (Å²) in [6.45, 7) is 0. The fraction of sp³-hybridized carbons (Fsp3) is 0.296. The van der Waals surface area contributed by atoms with Gasteiger partial charge < -0.3 is 0 Å². The summed E-state index contributed by atoms with van der Waals surface area (Å²) in [6.07, 6.45) is 7.01. The number of ketones is 1. The number of hydrogen-bond donors (Lipinski definition) is 0. The van der Waals surface area contributed by atoms with E-state index in [0.717, 1.165) is 31.8 Å². The summed E-state index contributed by atoms with van der Waals surface area (Å²) in [7, 11) is 0. The summed E-state index contributed by atoms with van der Waals surface area (Å²) in [5, 5.41) is 1.23. The van der Waals surface area contributed by atoms with Crippen molar-refractivity contribution in [3.63, 3.8) is 0 Å². The van der Waals surface area contributed by atoms with Crippen molar-refractivity contribution in [1.82, 2.24) is 0 Å². The Kier molecular flexibility index (Phi) is 6.56. The Bertz CT molecular complexity index is 872. The molecule has 0 spiro atoms. The number of carbonyl (C=O) groups excluding carboxylic acids is 1. The monoisotopic (exact) mass is 480 g/mol. The maximum absolute atomic E-state index is 12.3. The van der Waals surface area contributed by atoms with E-state index < -0.39 is 5.31 Å². The molecule has 1 fully saturated rings. The molecule has 0 amide bonds. The Morgan fingerprint density at radius 1 is 0.733 bits per heavy atom. The Morgan fingerprint density at radius 2 is 1.20 bits per heavy atom. The number of halogens is 1. The van der Waals surface area contributed by atoms with Crippen LogP contribution >= 0.6 is 20.8 Å². The van der Waals surface area contributed by atoms with Crippen LogP contribution in [0.1, 0.15) is 38.5 Å². The molecular weight excluding hydrogens is 451 g/mol. The predicted molar refractivity (Wildman–Crippen MR) is 135 cm³/mol. The van der Waals surface area contributed by atoms with Crippen LogP contribution in [-0.2, 0) is 4.79 Å². The average molecular weight is 481 g/mol. The van der Waals surface area contributed by atoms with Crippen LogP contribution in [0.3, 0.4) is 0 Å². The number of carbonyl (C=O) groups is 1. The summed E-state index contributed by atoms with van der Waals surface area (Å²) < 4.78 is 0. The van der Waals surface area contributed by atoms with E-state index in [1.165, 1.54) is 28.8 Å². The third-order valence-electron chi connectivity index (χ3n) is 6.68. The van der Waals surface area contributed by atoms with Gasteiger partial charge in [-0.1, -0.05) is 0 Å². The third-order valence-corrected chi connectivity index (χ3v) is 16.6. The normalized spacial score (nSPS) is 18.9. The molecule has 1 unspecified atom stereocenters. The second kappa shape index (κ2) is 9.16. The second-order valence-corrected chi connectivity index (χ2v) is 17.6. The van der Waals surface area contributed by atoms with Crippen molar-refractivity contribution in [2.45, 2.75) is 38.5 Å². The molecule has 3 aromatic rings. The first-order chi connectivity index (χ1) is 14.6. The van der Waals surface area contributed by atoms with Crippen LogP contribution in [0.15, 0.2) is 91.0 Å². The molecule has 1 atom stereocenters. The fourth-order valence-corrected chi connectivity index (χ4v) is 12.6. The van der Waals surface area contributed by atoms with Gasteiger partial charge in [0.05, 0.1) is 0 Å². The van der Waals surface area contributed by atoms with Gasteiger partial charge in [0.2, 0.25) is 0 Å². The molecule has 1 aliphatic carbocycles. The summed E-state index contributed by atoms with van der Waals surface area (Å²) in [4.78, 5) is 12.3. The van der Waals surface area contributed by atoms with Crippen molar-refractivity contribution in [1.29, 1.82) is 0 Å². The molecule has 0 N–H and O–H groups in total. The number of hydrogen-bond acceptors (Lipinski definition) is 1. The van der Waals surface area contributed by atoms with E-state index in [1.807, 2.05) is 0 Å². The van der Waals surface area contributed by atoms with Gasteiger partial charge >= 0.3 is 189 Å². The minimum atomic E-state index is -2.86. The predicted octanol–water partition coefficient (Wildman–Crippen LogP) is 6.37. The summed E-state index contributed by atoms with van der Waals surface area (Å²) in [5.74, 6) is 0.932. The molecule has 0 radical (unpaired) electrons. The molecule has 30 heavy (non-hydrogen) atoms. The van der Waals surface area contributed by atoms with E-state index in [9.17, 15) is 4.79 Å². The first kappa shape index (κ1) is 21.5. The molecule has 1 aliphatic rings. The maximum atomic E-state index is 12.3. The fourth-order valence-electron chi connectivity index (χ4n) is 5.00. The van der Waals surface area contributed by atoms with E-state index in [1.54, 1.807) is 0 Å². The summed E-state index contributed by atoms with van der Waals surface area (Å²) >= 11 is 4.52. The zero-order chi connectivity index (χ0) is 20.9. The molecular formula is C27H30BrOP. The minimum absolute atomic E-state index is 0.450. The van der Waals surface area contributed by atoms with Gasteiger partial charge in [-0.15, -0.1) is 0 Å². The van der Waals surface area contributed by atoms with Crippen LogP contribution in [0.4, 0.5) is 0 Å². The summed E-state index contributed by atoms with van der Waals surface area (Å²) in [5.41, 5.74) is 0. The van der Waals surface area contributed by atoms with E-state index >= 15 is 0 Å². The number of benzene rings is 3. The van der Waals surface area contributed by atoms with Crippen LogP contribution < -0.4 is 15.9 Å². The van der Waals surface area contributed by atoms with Crippen molar-refractivity contribution >= 4 is 42.5 Å². The molecule has 0 heterocycles. The Balaban J connectivity index is 1.86. The molecule has 0 bridgehead atoms. The molecule has 0 aliphatic heterocycles. The van der Waals surface area contributed by atoms with E-state index in [0.29, 0.717) is 11.7 Å². The number of rotatable bonds is 6. The van der Waals surface area contributed by atoms with Gasteiger partial charge in [-0.2, -0.15) is 0 Å². The number of Topliss-reactive ketones (excluding diaryl/α,β-unsaturated/α-hetero) is 1. The van der Waals surface area contributed by atoms with E-state index in [2.05, 4.69) is 106 Å². The SMILES string of the molecule is O=C1CCCCC(CCP(Br)(c2ccccc2)(c2ccccc2)c2ccccc2)C1. The van der Waals surface area contributed by atoms with Crippen LogP contribution in [-0.4, -0.2) is 11.9 Å². The van der Waals surface area contributed by atoms with Crippen LogP contribution in [0.2, 0.25) is 0 Å². The second-order valence-electron chi connectivity index (χ2n) is 8.56. The molecule has 3 aromatic carbocycles. The van der Waals surface area contributed by atoms with Gasteiger partial charge in [-0.05, 0) is 0 Å². The van der Waals surface area contributed by atoms with Crippen molar-refractivity contribution in [3.8, 4) is 0 Å². The van der Waals surface area contributed by atoms with Crippen LogP contribution in [0.5, 0.6) is 0 Å². The van der Waals surface area contributed by atoms with Gasteiger partial charge in [-0.3, -0.25) is 0 Å². The van der Waals surface area contributed by atoms with Gasteiger partial charge in [0.25, 0.3) is 0 Å². The molecule has 3 heteroatoms. The molecule has 4 rings (SSSR count). The quantitative estimate of drug-likeness (QED) is 0.296. The van der Waals surface area contributed by atoms with Gasteiger partial charge in [-0.25, -0.2) is 0 Å². The van der Waals surface area contributed by atoms with Crippen molar-refractivity contribution in [2.24, 2.45) is 5.92 Å². The Hall–Kier alpha value is -1.76. The third kappa shape index (κ3) is 4.05.